The van der Waals surface area contributed by atoms with Crippen LogP contribution in [0.1, 0.15) is 104 Å². The first kappa shape index (κ1) is 51.1. The molecule has 0 spiro atoms. The van der Waals surface area contributed by atoms with Crippen LogP contribution >= 0.6 is 0 Å². The van der Waals surface area contributed by atoms with Gasteiger partial charge in [-0.25, -0.2) is 0 Å². The van der Waals surface area contributed by atoms with E-state index < -0.39 is 11.8 Å². The average Bonchev–Trinajstić information content (AvgIpc) is 4.30. The van der Waals surface area contributed by atoms with Crippen molar-refractivity contribution >= 4 is 44.0 Å². The van der Waals surface area contributed by atoms with E-state index in [9.17, 15) is 0 Å². The molecule has 13 rings (SSSR count). The van der Waals surface area contributed by atoms with Crippen LogP contribution in [0.2, 0.25) is 0 Å². The molecule has 3 aromatic heterocycles. The Bertz CT molecular complexity index is 4370. The second kappa shape index (κ2) is 22.7. The van der Waals surface area contributed by atoms with E-state index in [1.165, 1.54) is 33.5 Å². The number of aromatic nitrogens is 4. The predicted octanol–water partition coefficient (Wildman–Crippen LogP) is 20.4. The van der Waals surface area contributed by atoms with E-state index >= 15 is 0 Å². The van der Waals surface area contributed by atoms with E-state index in [0.717, 1.165) is 100 Å². The molecule has 0 aliphatic heterocycles. The smallest absolute Gasteiger partial charge is 0.121 e. The summed E-state index contributed by atoms with van der Waals surface area (Å²) >= 11 is 0. The van der Waals surface area contributed by atoms with Gasteiger partial charge in [0.2, 0.25) is 0 Å². The molecule has 0 unspecified atom stereocenters. The summed E-state index contributed by atoms with van der Waals surface area (Å²) in [5.74, 6) is 0.431. The molecule has 0 bridgehead atoms. The Labute approximate surface area is 486 Å². The number of imidazole rings is 2. The topological polar surface area (TPSA) is 48.8 Å². The summed E-state index contributed by atoms with van der Waals surface area (Å²) in [6, 6.07) is 82.3. The summed E-state index contributed by atoms with van der Waals surface area (Å²) in [6.45, 7) is 16.7. The SMILES string of the molecule is CC(C)c1cc(-c2ccccc2)cc(C(C)C)c1-n1c(-c2[c-]ccc3c2oc2cc(-c4ccccc4)ccc23)nc2ccccc21.[2H]C(C)(C)c1cccc(C([2H])(C)C)c1-n1c(-c2[c-]ccc(-c3ccccc3)c2)nc2ccccc21.[Ir]. The van der Waals surface area contributed by atoms with Gasteiger partial charge in [0.1, 0.15) is 5.58 Å². The van der Waals surface area contributed by atoms with E-state index in [0.29, 0.717) is 0 Å². The van der Waals surface area contributed by atoms with Crippen LogP contribution in [-0.4, -0.2) is 19.1 Å². The van der Waals surface area contributed by atoms with Gasteiger partial charge in [-0.2, -0.15) is 0 Å². The molecule has 0 fully saturated rings. The second-order valence-corrected chi connectivity index (χ2v) is 21.5. The molecule has 3 heterocycles. The minimum absolute atomic E-state index is 0. The number of fused-ring (bicyclic) bond motifs is 5. The van der Waals surface area contributed by atoms with Gasteiger partial charge >= 0.3 is 0 Å². The van der Waals surface area contributed by atoms with E-state index in [4.69, 9.17) is 17.1 Å². The molecule has 13 aromatic rings. The Hall–Kier alpha value is -8.41. The van der Waals surface area contributed by atoms with Crippen molar-refractivity contribution in [1.29, 1.82) is 0 Å². The van der Waals surface area contributed by atoms with Crippen molar-refractivity contribution < 1.29 is 27.3 Å². The number of nitrogens with zero attached hydrogens (tertiary/aromatic N) is 4. The summed E-state index contributed by atoms with van der Waals surface area (Å²) in [6.07, 6.45) is 0. The summed E-state index contributed by atoms with van der Waals surface area (Å²) in [5, 5.41) is 2.15. The zero-order chi connectivity index (χ0) is 56.2. The van der Waals surface area contributed by atoms with Gasteiger partial charge < -0.3 is 13.6 Å². The maximum absolute atomic E-state index is 8.94. The van der Waals surface area contributed by atoms with E-state index in [-0.39, 0.29) is 31.9 Å². The van der Waals surface area contributed by atoms with Gasteiger partial charge in [0, 0.05) is 39.6 Å². The molecule has 0 amide bonds. The van der Waals surface area contributed by atoms with Crippen LogP contribution in [0.5, 0.6) is 0 Å². The second-order valence-electron chi connectivity index (χ2n) is 21.5. The molecule has 0 aliphatic rings. The number of hydrogen-bond acceptors (Lipinski definition) is 3. The van der Waals surface area contributed by atoms with Crippen molar-refractivity contribution in [3.63, 3.8) is 0 Å². The molecule has 0 aliphatic carbocycles. The fourth-order valence-electron chi connectivity index (χ4n) is 11.2. The molecular weight excluding hydrogens is 1150 g/mol. The Balaban J connectivity index is 0.000000176. The van der Waals surface area contributed by atoms with Crippen LogP contribution < -0.4 is 0 Å². The quantitative estimate of drug-likeness (QED) is 0.121. The van der Waals surface area contributed by atoms with Gasteiger partial charge in [-0.1, -0.05) is 212 Å². The number of para-hydroxylation sites is 5. The molecule has 1 radical (unpaired) electrons. The molecule has 80 heavy (non-hydrogen) atoms. The summed E-state index contributed by atoms with van der Waals surface area (Å²) in [5.41, 5.74) is 20.6. The van der Waals surface area contributed by atoms with Crippen LogP contribution in [0.3, 0.4) is 0 Å². The first-order valence-corrected chi connectivity index (χ1v) is 27.5. The fourth-order valence-corrected chi connectivity index (χ4v) is 11.2. The molecule has 0 saturated heterocycles. The minimum atomic E-state index is -0.866. The van der Waals surface area contributed by atoms with Crippen LogP contribution in [0.4, 0.5) is 0 Å². The Morgan fingerprint density at radius 2 is 0.887 bits per heavy atom. The average molecular weight is 1220 g/mol. The van der Waals surface area contributed by atoms with E-state index in [1.54, 1.807) is 0 Å². The van der Waals surface area contributed by atoms with Gasteiger partial charge in [0.05, 0.1) is 39.3 Å². The summed E-state index contributed by atoms with van der Waals surface area (Å²) in [7, 11) is 0. The molecule has 10 aromatic carbocycles. The summed E-state index contributed by atoms with van der Waals surface area (Å²) < 4.78 is 29.1. The molecule has 5 nitrogen and oxygen atoms in total. The van der Waals surface area contributed by atoms with Gasteiger partial charge in [-0.15, -0.1) is 53.6 Å². The number of furan rings is 1. The van der Waals surface area contributed by atoms with Gasteiger partial charge in [-0.3, -0.25) is 9.97 Å². The minimum Gasteiger partial charge on any atom is -0.501 e. The number of rotatable bonds is 11. The van der Waals surface area contributed by atoms with E-state index in [1.807, 2.05) is 100 Å². The zero-order valence-electron chi connectivity index (χ0n) is 48.5. The van der Waals surface area contributed by atoms with Gasteiger partial charge in [0.25, 0.3) is 0 Å². The largest absolute Gasteiger partial charge is 0.501 e. The monoisotopic (exact) mass is 1220 g/mol. The first-order valence-electron chi connectivity index (χ1n) is 28.5. The summed E-state index contributed by atoms with van der Waals surface area (Å²) in [4.78, 5) is 10.3. The predicted molar refractivity (Wildman–Crippen MR) is 331 cm³/mol. The molecule has 397 valence electrons. The zero-order valence-corrected chi connectivity index (χ0v) is 48.9. The van der Waals surface area contributed by atoms with Crippen molar-refractivity contribution in [2.24, 2.45) is 0 Å². The molecule has 0 atom stereocenters. The third-order valence-electron chi connectivity index (χ3n) is 15.1. The number of benzene rings is 10. The maximum Gasteiger partial charge on any atom is 0.121 e. The molecular formula is C74H64IrN4O-2. The Morgan fingerprint density at radius 3 is 1.44 bits per heavy atom. The van der Waals surface area contributed by atoms with Crippen molar-refractivity contribution in [2.75, 3.05) is 0 Å². The third kappa shape index (κ3) is 10.0. The van der Waals surface area contributed by atoms with Crippen LogP contribution in [-0.2, 0) is 20.1 Å². The maximum atomic E-state index is 8.94. The molecule has 0 N–H and O–H groups in total. The van der Waals surface area contributed by atoms with E-state index in [2.05, 4.69) is 195 Å². The van der Waals surface area contributed by atoms with Crippen LogP contribution in [0, 0.1) is 12.1 Å². The number of hydrogen-bond donors (Lipinski definition) is 0. The normalized spacial score (nSPS) is 12.2. The van der Waals surface area contributed by atoms with Gasteiger partial charge in [0.15, 0.2) is 0 Å². The Kier molecular flexibility index (Phi) is 14.5. The van der Waals surface area contributed by atoms with Crippen molar-refractivity contribution in [3.05, 3.63) is 253 Å². The standard InChI is InChI=1S/C43H35N2O.C31H29N2.Ir/c1-27(2)36-24-32(30-16-9-6-10-17-30)25-37(28(3)4)41(36)45-39-21-12-11-20-38(39)44-43(45)35-19-13-18-34-33-23-22-31(26-40(33)46-42(34)35)29-14-7-5-8-15-29;1-21(2)26-16-11-17-27(22(3)4)30(26)33-29-19-9-8-18-28(29)32-31(33)25-15-10-14-24(20-25)23-12-6-5-7-13-23;/h5-18,20-28H,1-4H3;5-14,16-22H,1-4H3;/q2*-1;/i;21D,22D;. The van der Waals surface area contributed by atoms with Crippen molar-refractivity contribution in [2.45, 2.75) is 79.0 Å². The molecule has 6 heteroatoms. The Morgan fingerprint density at radius 1 is 0.412 bits per heavy atom. The fraction of sp³-hybridized carbons (Fsp3) is 0.162. The molecule has 0 saturated carbocycles. The van der Waals surface area contributed by atoms with Gasteiger partial charge in [-0.05, 0) is 116 Å². The van der Waals surface area contributed by atoms with Crippen molar-refractivity contribution in [3.8, 4) is 67.5 Å². The van der Waals surface area contributed by atoms with Crippen LogP contribution in [0.25, 0.3) is 112 Å². The third-order valence-corrected chi connectivity index (χ3v) is 15.1. The first-order chi connectivity index (χ1) is 39.1. The van der Waals surface area contributed by atoms with Crippen LogP contribution in [0.15, 0.2) is 223 Å². The van der Waals surface area contributed by atoms with Crippen molar-refractivity contribution in [1.82, 2.24) is 19.1 Å².